The molecule has 7 nitrogen and oxygen atoms in total. The van der Waals surface area contributed by atoms with Crippen molar-refractivity contribution in [3.8, 4) is 16.9 Å². The van der Waals surface area contributed by atoms with E-state index in [0.717, 1.165) is 37.1 Å². The summed E-state index contributed by atoms with van der Waals surface area (Å²) in [5.74, 6) is 0.216. The van der Waals surface area contributed by atoms with Crippen molar-refractivity contribution in [3.05, 3.63) is 77.3 Å². The van der Waals surface area contributed by atoms with Crippen LogP contribution in [0, 0.1) is 0 Å². The van der Waals surface area contributed by atoms with E-state index in [9.17, 15) is 13.2 Å². The molecular formula is C27H28ClN3O4S. The van der Waals surface area contributed by atoms with Gasteiger partial charge in [0.05, 0.1) is 18.5 Å². The van der Waals surface area contributed by atoms with E-state index < -0.39 is 10.0 Å². The van der Waals surface area contributed by atoms with Crippen molar-refractivity contribution in [2.45, 2.75) is 18.9 Å². The minimum Gasteiger partial charge on any atom is -0.485 e. The summed E-state index contributed by atoms with van der Waals surface area (Å²) in [6.07, 6.45) is 3.27. The molecule has 3 aromatic carbocycles. The molecule has 2 heterocycles. The second-order valence-corrected chi connectivity index (χ2v) is 11.6. The van der Waals surface area contributed by atoms with Crippen LogP contribution < -0.4 is 14.4 Å². The number of rotatable bonds is 6. The van der Waals surface area contributed by atoms with Crippen LogP contribution in [0.2, 0.25) is 5.02 Å². The summed E-state index contributed by atoms with van der Waals surface area (Å²) in [5.41, 5.74) is 3.40. The zero-order chi connectivity index (χ0) is 25.3. The van der Waals surface area contributed by atoms with E-state index in [1.165, 1.54) is 10.6 Å². The molecule has 1 fully saturated rings. The lowest BCUT2D eigenvalue weighted by molar-refractivity contribution is 0.102. The highest BCUT2D eigenvalue weighted by Gasteiger charge is 2.33. The van der Waals surface area contributed by atoms with Gasteiger partial charge >= 0.3 is 0 Å². The Morgan fingerprint density at radius 3 is 2.28 bits per heavy atom. The van der Waals surface area contributed by atoms with Crippen LogP contribution in [0.3, 0.4) is 0 Å². The molecule has 0 bridgehead atoms. The number of halogens is 1. The van der Waals surface area contributed by atoms with Crippen LogP contribution in [0.5, 0.6) is 5.75 Å². The molecule has 0 aliphatic carbocycles. The molecule has 3 aromatic rings. The smallest absolute Gasteiger partial charge is 0.255 e. The molecule has 1 atom stereocenters. The summed E-state index contributed by atoms with van der Waals surface area (Å²) in [7, 11) is -3.52. The second kappa shape index (κ2) is 10.1. The Bertz CT molecular complexity index is 1350. The van der Waals surface area contributed by atoms with Crippen LogP contribution in [0.25, 0.3) is 11.1 Å². The number of hydrogen-bond acceptors (Lipinski definition) is 5. The number of hydrogen-bond donors (Lipinski definition) is 1. The predicted octanol–water partition coefficient (Wildman–Crippen LogP) is 4.88. The van der Waals surface area contributed by atoms with E-state index in [4.69, 9.17) is 16.3 Å². The van der Waals surface area contributed by atoms with E-state index in [0.29, 0.717) is 34.3 Å². The molecule has 0 spiro atoms. The fourth-order valence-electron chi connectivity index (χ4n) is 4.71. The Hall–Kier alpha value is -3.07. The van der Waals surface area contributed by atoms with Crippen molar-refractivity contribution in [1.29, 1.82) is 0 Å². The van der Waals surface area contributed by atoms with Gasteiger partial charge in [0.15, 0.2) is 0 Å². The average Bonchev–Trinajstić information content (AvgIpc) is 3.37. The van der Waals surface area contributed by atoms with E-state index >= 15 is 0 Å². The molecule has 2 aliphatic heterocycles. The standard InChI is InChI=1S/C27H28ClN3O4S/c1-36(33,34)31-18-24(17-30-14-2-3-15-30)35-26-13-12-23(16-25(26)31)29-27(32)21-6-4-19(5-7-21)20-8-10-22(28)11-9-20/h4-13,16,24H,2-3,14-15,17-18H2,1H3,(H,29,32). The third kappa shape index (κ3) is 5.51. The van der Waals surface area contributed by atoms with Crippen molar-refractivity contribution < 1.29 is 17.9 Å². The number of nitrogens with zero attached hydrogens (tertiary/aromatic N) is 2. The summed E-state index contributed by atoms with van der Waals surface area (Å²) in [4.78, 5) is 15.2. The Morgan fingerprint density at radius 2 is 1.64 bits per heavy atom. The fraction of sp³-hybridized carbons (Fsp3) is 0.296. The molecule has 2 aliphatic rings. The zero-order valence-corrected chi connectivity index (χ0v) is 21.6. The molecule has 1 saturated heterocycles. The van der Waals surface area contributed by atoms with E-state index in [1.54, 1.807) is 30.3 Å². The largest absolute Gasteiger partial charge is 0.485 e. The quantitative estimate of drug-likeness (QED) is 0.496. The van der Waals surface area contributed by atoms with Crippen molar-refractivity contribution in [2.24, 2.45) is 0 Å². The third-order valence-corrected chi connectivity index (χ3v) is 7.93. The number of carbonyl (C=O) groups excluding carboxylic acids is 1. The zero-order valence-electron chi connectivity index (χ0n) is 20.0. The van der Waals surface area contributed by atoms with Gasteiger partial charge in [0.1, 0.15) is 11.9 Å². The van der Waals surface area contributed by atoms with Gasteiger partial charge in [0.2, 0.25) is 10.0 Å². The number of fused-ring (bicyclic) bond motifs is 1. The molecule has 1 amide bonds. The highest BCUT2D eigenvalue weighted by molar-refractivity contribution is 7.92. The van der Waals surface area contributed by atoms with Crippen LogP contribution in [-0.4, -0.2) is 57.8 Å². The molecular weight excluding hydrogens is 498 g/mol. The lowest BCUT2D eigenvalue weighted by Crippen LogP contribution is -2.47. The van der Waals surface area contributed by atoms with Crippen molar-refractivity contribution in [1.82, 2.24) is 4.90 Å². The lowest BCUT2D eigenvalue weighted by atomic mass is 10.0. The first-order valence-corrected chi connectivity index (χ1v) is 14.2. The number of benzene rings is 3. The van der Waals surface area contributed by atoms with Crippen molar-refractivity contribution in [2.75, 3.05) is 42.1 Å². The number of sulfonamides is 1. The second-order valence-electron chi connectivity index (χ2n) is 9.26. The van der Waals surface area contributed by atoms with Crippen LogP contribution in [0.1, 0.15) is 23.2 Å². The third-order valence-electron chi connectivity index (χ3n) is 6.53. The Labute approximate surface area is 216 Å². The monoisotopic (exact) mass is 525 g/mol. The van der Waals surface area contributed by atoms with Crippen LogP contribution in [-0.2, 0) is 10.0 Å². The maximum absolute atomic E-state index is 12.9. The highest BCUT2D eigenvalue weighted by Crippen LogP contribution is 2.37. The van der Waals surface area contributed by atoms with Gasteiger partial charge in [0.25, 0.3) is 5.91 Å². The first-order chi connectivity index (χ1) is 17.3. The van der Waals surface area contributed by atoms with Gasteiger partial charge in [-0.1, -0.05) is 35.9 Å². The summed E-state index contributed by atoms with van der Waals surface area (Å²) < 4.78 is 32.8. The lowest BCUT2D eigenvalue weighted by Gasteiger charge is -2.36. The minimum absolute atomic E-state index is 0.242. The Kier molecular flexibility index (Phi) is 6.92. The average molecular weight is 526 g/mol. The molecule has 1 unspecified atom stereocenters. The highest BCUT2D eigenvalue weighted by atomic mass is 35.5. The van der Waals surface area contributed by atoms with Gasteiger partial charge in [-0.25, -0.2) is 8.42 Å². The fourth-order valence-corrected chi connectivity index (χ4v) is 5.77. The minimum atomic E-state index is -3.52. The number of likely N-dealkylation sites (tertiary alicyclic amines) is 1. The first kappa shape index (κ1) is 24.6. The summed E-state index contributed by atoms with van der Waals surface area (Å²) in [5, 5.41) is 3.54. The molecule has 0 saturated carbocycles. The maximum atomic E-state index is 12.9. The maximum Gasteiger partial charge on any atom is 0.255 e. The first-order valence-electron chi connectivity index (χ1n) is 11.9. The molecule has 1 N–H and O–H groups in total. The SMILES string of the molecule is CS(=O)(=O)N1CC(CN2CCCC2)Oc2ccc(NC(=O)c3ccc(-c4ccc(Cl)cc4)cc3)cc21. The van der Waals surface area contributed by atoms with Gasteiger partial charge in [0, 0.05) is 22.8 Å². The molecule has 188 valence electrons. The molecule has 9 heteroatoms. The predicted molar refractivity (Wildman–Crippen MR) is 144 cm³/mol. The molecule has 0 radical (unpaired) electrons. The van der Waals surface area contributed by atoms with Crippen molar-refractivity contribution in [3.63, 3.8) is 0 Å². The van der Waals surface area contributed by atoms with Gasteiger partial charge in [-0.2, -0.15) is 0 Å². The number of anilines is 2. The van der Waals surface area contributed by atoms with Crippen LogP contribution in [0.15, 0.2) is 66.7 Å². The van der Waals surface area contributed by atoms with Gasteiger partial charge in [-0.15, -0.1) is 0 Å². The summed E-state index contributed by atoms with van der Waals surface area (Å²) in [6.45, 7) is 2.95. The van der Waals surface area contributed by atoms with Crippen LogP contribution in [0.4, 0.5) is 11.4 Å². The van der Waals surface area contributed by atoms with Gasteiger partial charge in [-0.05, 0) is 79.5 Å². The number of nitrogens with one attached hydrogen (secondary N) is 1. The van der Waals surface area contributed by atoms with E-state index in [-0.39, 0.29) is 18.6 Å². The topological polar surface area (TPSA) is 79.0 Å². The van der Waals surface area contributed by atoms with Gasteiger partial charge < -0.3 is 10.1 Å². The molecule has 0 aromatic heterocycles. The van der Waals surface area contributed by atoms with Gasteiger partial charge in [-0.3, -0.25) is 14.0 Å². The molecule has 5 rings (SSSR count). The number of ether oxygens (including phenoxy) is 1. The number of amides is 1. The molecule has 36 heavy (non-hydrogen) atoms. The van der Waals surface area contributed by atoms with Crippen LogP contribution >= 0.6 is 11.6 Å². The Balaban J connectivity index is 1.32. The Morgan fingerprint density at radius 1 is 1.00 bits per heavy atom. The normalized spacial score (nSPS) is 17.9. The van der Waals surface area contributed by atoms with E-state index in [2.05, 4.69) is 10.2 Å². The summed E-state index contributed by atoms with van der Waals surface area (Å²) in [6, 6.07) is 19.9. The van der Waals surface area contributed by atoms with Crippen molar-refractivity contribution >= 4 is 38.9 Å². The number of carbonyl (C=O) groups is 1. The summed E-state index contributed by atoms with van der Waals surface area (Å²) >= 11 is 5.96. The van der Waals surface area contributed by atoms with E-state index in [1.807, 2.05) is 36.4 Å².